The first-order chi connectivity index (χ1) is 14.2. The summed E-state index contributed by atoms with van der Waals surface area (Å²) >= 11 is 0. The molecule has 0 unspecified atom stereocenters. The molecule has 1 atom stereocenters. The van der Waals surface area contributed by atoms with E-state index in [1.165, 1.54) is 12.1 Å². The van der Waals surface area contributed by atoms with E-state index in [4.69, 9.17) is 0 Å². The van der Waals surface area contributed by atoms with Crippen LogP contribution >= 0.6 is 0 Å². The van der Waals surface area contributed by atoms with Crippen LogP contribution in [0.1, 0.15) is 17.2 Å². The van der Waals surface area contributed by atoms with Crippen molar-refractivity contribution in [3.63, 3.8) is 0 Å². The second-order valence-electron chi connectivity index (χ2n) is 6.82. The van der Waals surface area contributed by atoms with Crippen LogP contribution < -0.4 is 10.6 Å². The van der Waals surface area contributed by atoms with Gasteiger partial charge in [-0.15, -0.1) is 0 Å². The summed E-state index contributed by atoms with van der Waals surface area (Å²) in [5.74, 6) is 0.727. The molecule has 7 heteroatoms. The summed E-state index contributed by atoms with van der Waals surface area (Å²) in [6.07, 6.45) is 0. The Morgan fingerprint density at radius 1 is 0.862 bits per heavy atom. The predicted molar refractivity (Wildman–Crippen MR) is 112 cm³/mol. The van der Waals surface area contributed by atoms with Crippen LogP contribution in [0.3, 0.4) is 0 Å². The highest BCUT2D eigenvalue weighted by molar-refractivity contribution is 5.82. The summed E-state index contributed by atoms with van der Waals surface area (Å²) < 4.78 is 0. The molecular weight excluding hydrogens is 366 g/mol. The number of fused-ring (bicyclic) bond motifs is 2. The molecule has 7 nitrogen and oxygen atoms in total. The average Bonchev–Trinajstić information content (AvgIpc) is 3.09. The predicted octanol–water partition coefficient (Wildman–Crippen LogP) is 5.24. The lowest BCUT2D eigenvalue weighted by Gasteiger charge is -2.20. The topological polar surface area (TPSA) is 95.9 Å². The van der Waals surface area contributed by atoms with E-state index in [9.17, 15) is 10.1 Å². The quantitative estimate of drug-likeness (QED) is 0.332. The van der Waals surface area contributed by atoms with Crippen molar-refractivity contribution in [1.29, 1.82) is 0 Å². The SMILES string of the molecule is O=[N+]([O-])c1ccc([C@H]2Nc3ccccc3Nc3n[nH]c(-c4ccccc4)c32)cc1. The third kappa shape index (κ3) is 2.98. The van der Waals surface area contributed by atoms with Gasteiger partial charge in [0.15, 0.2) is 5.82 Å². The van der Waals surface area contributed by atoms with Gasteiger partial charge in [0.05, 0.1) is 28.0 Å². The second kappa shape index (κ2) is 6.79. The molecule has 0 spiro atoms. The first-order valence-electron chi connectivity index (χ1n) is 9.21. The summed E-state index contributed by atoms with van der Waals surface area (Å²) in [5.41, 5.74) is 5.71. The lowest BCUT2D eigenvalue weighted by molar-refractivity contribution is -0.384. The summed E-state index contributed by atoms with van der Waals surface area (Å²) in [5, 5.41) is 25.8. The number of hydrogen-bond acceptors (Lipinski definition) is 5. The number of rotatable bonds is 3. The molecule has 29 heavy (non-hydrogen) atoms. The van der Waals surface area contributed by atoms with Crippen LogP contribution in [-0.4, -0.2) is 15.1 Å². The molecule has 0 radical (unpaired) electrons. The number of nitrogens with zero attached hydrogens (tertiary/aromatic N) is 2. The number of para-hydroxylation sites is 2. The van der Waals surface area contributed by atoms with Crippen LogP contribution in [0, 0.1) is 10.1 Å². The fraction of sp³-hybridized carbons (Fsp3) is 0.0455. The Morgan fingerprint density at radius 2 is 1.55 bits per heavy atom. The van der Waals surface area contributed by atoms with Gasteiger partial charge >= 0.3 is 0 Å². The van der Waals surface area contributed by atoms with Gasteiger partial charge in [-0.3, -0.25) is 15.2 Å². The normalized spacial score (nSPS) is 14.7. The molecule has 4 aromatic rings. The summed E-state index contributed by atoms with van der Waals surface area (Å²) in [4.78, 5) is 10.7. The van der Waals surface area contributed by atoms with Gasteiger partial charge < -0.3 is 10.6 Å². The summed E-state index contributed by atoms with van der Waals surface area (Å²) in [6, 6.07) is 24.3. The smallest absolute Gasteiger partial charge is 0.269 e. The second-order valence-corrected chi connectivity index (χ2v) is 6.82. The number of hydrogen-bond donors (Lipinski definition) is 3. The molecular formula is C22H17N5O2. The number of aromatic nitrogens is 2. The van der Waals surface area contributed by atoms with Crippen LogP contribution in [0.5, 0.6) is 0 Å². The van der Waals surface area contributed by atoms with Crippen LogP contribution in [0.15, 0.2) is 78.9 Å². The molecule has 0 saturated carbocycles. The van der Waals surface area contributed by atoms with E-state index >= 15 is 0 Å². The number of H-pyrrole nitrogens is 1. The van der Waals surface area contributed by atoms with Gasteiger partial charge in [0, 0.05) is 17.7 Å². The van der Waals surface area contributed by atoms with E-state index in [0.717, 1.165) is 39.6 Å². The van der Waals surface area contributed by atoms with Gasteiger partial charge in [-0.05, 0) is 35.4 Å². The van der Waals surface area contributed by atoms with E-state index in [-0.39, 0.29) is 16.7 Å². The summed E-state index contributed by atoms with van der Waals surface area (Å²) in [7, 11) is 0. The van der Waals surface area contributed by atoms with Gasteiger partial charge in [-0.2, -0.15) is 5.10 Å². The van der Waals surface area contributed by atoms with E-state index in [1.807, 2.05) is 54.6 Å². The zero-order chi connectivity index (χ0) is 19.8. The van der Waals surface area contributed by atoms with E-state index in [0.29, 0.717) is 0 Å². The third-order valence-electron chi connectivity index (χ3n) is 5.07. The lowest BCUT2D eigenvalue weighted by atomic mass is 9.95. The zero-order valence-electron chi connectivity index (χ0n) is 15.3. The molecule has 3 aromatic carbocycles. The Kier molecular flexibility index (Phi) is 3.98. The van der Waals surface area contributed by atoms with E-state index in [2.05, 4.69) is 20.8 Å². The lowest BCUT2D eigenvalue weighted by Crippen LogP contribution is -2.12. The maximum Gasteiger partial charge on any atom is 0.269 e. The molecule has 0 fully saturated rings. The molecule has 0 aliphatic carbocycles. The first kappa shape index (κ1) is 17.0. The Bertz CT molecular complexity index is 1190. The van der Waals surface area contributed by atoms with Gasteiger partial charge in [-0.1, -0.05) is 42.5 Å². The Labute approximate surface area is 166 Å². The molecule has 1 aliphatic heterocycles. The van der Waals surface area contributed by atoms with Crippen molar-refractivity contribution in [1.82, 2.24) is 10.2 Å². The molecule has 0 bridgehead atoms. The summed E-state index contributed by atoms with van der Waals surface area (Å²) in [6.45, 7) is 0. The molecule has 0 amide bonds. The zero-order valence-corrected chi connectivity index (χ0v) is 15.3. The fourth-order valence-electron chi connectivity index (χ4n) is 3.66. The average molecular weight is 383 g/mol. The molecule has 5 rings (SSSR count). The van der Waals surface area contributed by atoms with Crippen LogP contribution in [-0.2, 0) is 0 Å². The van der Waals surface area contributed by atoms with E-state index in [1.54, 1.807) is 12.1 Å². The van der Waals surface area contributed by atoms with Crippen molar-refractivity contribution in [3.8, 4) is 11.3 Å². The van der Waals surface area contributed by atoms with Crippen molar-refractivity contribution in [3.05, 3.63) is 100 Å². The molecule has 3 N–H and O–H groups in total. The highest BCUT2D eigenvalue weighted by Gasteiger charge is 2.29. The fourth-order valence-corrected chi connectivity index (χ4v) is 3.66. The number of aromatic amines is 1. The highest BCUT2D eigenvalue weighted by atomic mass is 16.6. The third-order valence-corrected chi connectivity index (χ3v) is 5.07. The number of nitrogens with one attached hydrogen (secondary N) is 3. The largest absolute Gasteiger partial charge is 0.372 e. The maximum absolute atomic E-state index is 11.1. The van der Waals surface area contributed by atoms with Crippen molar-refractivity contribution in [2.45, 2.75) is 6.04 Å². The number of nitro groups is 1. The number of non-ortho nitro benzene ring substituents is 1. The molecule has 142 valence electrons. The number of anilines is 3. The highest BCUT2D eigenvalue weighted by Crippen LogP contribution is 2.43. The Balaban J connectivity index is 1.69. The van der Waals surface area contributed by atoms with Crippen LogP contribution in [0.2, 0.25) is 0 Å². The van der Waals surface area contributed by atoms with Crippen molar-refractivity contribution >= 4 is 22.9 Å². The van der Waals surface area contributed by atoms with Gasteiger partial charge in [0.2, 0.25) is 0 Å². The standard InChI is InChI=1S/C22H17N5O2/c28-27(29)16-12-10-15(11-13-16)20-19-21(14-6-2-1-3-7-14)25-26-22(19)24-18-9-5-4-8-17(18)23-20/h1-13,20,23H,(H2,24,25,26)/t20-/m1/s1. The molecule has 0 saturated heterocycles. The van der Waals surface area contributed by atoms with E-state index < -0.39 is 0 Å². The molecule has 1 aromatic heterocycles. The number of nitro benzene ring substituents is 1. The minimum atomic E-state index is -0.389. The monoisotopic (exact) mass is 383 g/mol. The van der Waals surface area contributed by atoms with Crippen molar-refractivity contribution in [2.75, 3.05) is 10.6 Å². The maximum atomic E-state index is 11.1. The Hall–Kier alpha value is -4.13. The van der Waals surface area contributed by atoms with Crippen LogP contribution in [0.4, 0.5) is 22.9 Å². The van der Waals surface area contributed by atoms with Gasteiger partial charge in [0.25, 0.3) is 5.69 Å². The van der Waals surface area contributed by atoms with Gasteiger partial charge in [0.1, 0.15) is 0 Å². The minimum absolute atomic E-state index is 0.0663. The van der Waals surface area contributed by atoms with Gasteiger partial charge in [-0.25, -0.2) is 0 Å². The molecule has 2 heterocycles. The Morgan fingerprint density at radius 3 is 2.28 bits per heavy atom. The van der Waals surface area contributed by atoms with Crippen molar-refractivity contribution < 1.29 is 4.92 Å². The number of benzene rings is 3. The molecule has 1 aliphatic rings. The minimum Gasteiger partial charge on any atom is -0.372 e. The van der Waals surface area contributed by atoms with Crippen LogP contribution in [0.25, 0.3) is 11.3 Å². The first-order valence-corrected chi connectivity index (χ1v) is 9.21. The van der Waals surface area contributed by atoms with Crippen molar-refractivity contribution in [2.24, 2.45) is 0 Å².